The fourth-order valence-corrected chi connectivity index (χ4v) is 12.5. The van der Waals surface area contributed by atoms with E-state index in [9.17, 15) is 79.5 Å². The first kappa shape index (κ1) is 79.9. The zero-order valence-electron chi connectivity index (χ0n) is 54.4. The zero-order valence-corrected chi connectivity index (χ0v) is 55.3. The van der Waals surface area contributed by atoms with Crippen molar-refractivity contribution in [2.45, 2.75) is 161 Å². The van der Waals surface area contributed by atoms with Crippen molar-refractivity contribution in [3.63, 3.8) is 0 Å². The van der Waals surface area contributed by atoms with Crippen molar-refractivity contribution >= 4 is 53.2 Å². The molecule has 17 N–H and O–H groups in total. The van der Waals surface area contributed by atoms with Crippen LogP contribution in [0, 0.1) is 0 Å². The Balaban J connectivity index is 0.000000314. The summed E-state index contributed by atoms with van der Waals surface area (Å²) in [6.07, 6.45) is -19.7. The number of carbonyl (C=O) groups excluding carboxylic acids is 7. The van der Waals surface area contributed by atoms with Gasteiger partial charge in [0.1, 0.15) is 85.5 Å². The molecule has 0 saturated carbocycles. The topological polar surface area (TPSA) is 490 Å². The van der Waals surface area contributed by atoms with Crippen LogP contribution in [0.3, 0.4) is 0 Å². The highest BCUT2D eigenvalue weighted by Gasteiger charge is 2.54. The van der Waals surface area contributed by atoms with E-state index in [4.69, 9.17) is 47.4 Å². The normalized spacial score (nSPS) is 28.9. The number of amides is 8. The number of rotatable bonds is 38. The SMILES string of the molecule is COCC(=O)NCCOCCC(=O)NCCCO[C@@H]1OC(CO)[C@@H](O[C@@H]2OC(CO)[C@H](O)[C@H](O[C@H]3OC(CO)[C@H](O)C(O)[C@@H]3O)C2O)[C@H](O)C1NC(C)=O.COc1ccc(-c2cccc(C(=O)NCCNC(=O)CCOCCNC(=O)CCCC[C@@H]3SC[C@@H]4NC(=O)N[C@@H]43)c2)cc1. The van der Waals surface area contributed by atoms with Gasteiger partial charge in [0.2, 0.25) is 29.5 Å². The van der Waals surface area contributed by atoms with Gasteiger partial charge in [-0.1, -0.05) is 30.7 Å². The second-order valence-electron chi connectivity index (χ2n) is 23.3. The maximum Gasteiger partial charge on any atom is 0.315 e. The molecule has 5 heterocycles. The van der Waals surface area contributed by atoms with Gasteiger partial charge in [-0.15, -0.1) is 0 Å². The Bertz CT molecular complexity index is 2750. The Morgan fingerprint density at radius 3 is 1.82 bits per heavy atom. The van der Waals surface area contributed by atoms with Crippen molar-refractivity contribution in [2.75, 3.05) is 112 Å². The van der Waals surface area contributed by atoms with Crippen LogP contribution in [0.5, 0.6) is 5.75 Å². The Morgan fingerprint density at radius 2 is 1.18 bits per heavy atom. The summed E-state index contributed by atoms with van der Waals surface area (Å²) in [5.74, 6) is 0.130. The third-order valence-corrected chi connectivity index (χ3v) is 17.6. The standard InChI is InChI=1S/C31H41N5O6S.C31H55N3O20/c1-41-24-11-9-21(10-12-24)22-5-4-6-23(19-22)30(39)34-15-14-32-28(38)13-17-42-18-16-33-27(37)8-3-2-7-26-29-25(20-43-26)35-31(40)36-29;1-14(38)34-20-23(43)27(17(12-37)52-29(20)49-7-3-5-32-18(39)4-8-48-9-6-33-19(40)13-47-2)53-31-26(46)28(22(42)16(11-36)51-31)54-30-25(45)24(44)21(41)15(10-35)50-30/h4-6,9-12,19,25-26,29H,2-3,7-8,13-18,20H2,1H3,(H,32,38)(H,33,37)(H,34,39)(H2,35,36,40);15-17,20-31,35-37,41-46H,3-13H2,1-2H3,(H,32,39)(H,33,40)(H,34,38)/t25-,26-,29-;15?,16?,17?,20?,21-,22-,23+,24?,25-,26?,27+,28-,29+,30+,31-/m00/s1. The summed E-state index contributed by atoms with van der Waals surface area (Å²) in [5, 5.41) is 116. The number of nitrogens with one attached hydrogen (secondary N) is 8. The smallest absolute Gasteiger partial charge is 0.315 e. The molecule has 2 aromatic rings. The Labute approximate surface area is 565 Å². The summed E-state index contributed by atoms with van der Waals surface area (Å²) in [7, 11) is 3.02. The lowest BCUT2D eigenvalue weighted by atomic mass is 9.95. The Kier molecular flexibility index (Phi) is 34.7. The van der Waals surface area contributed by atoms with Crippen LogP contribution in [0.25, 0.3) is 11.1 Å². The molecule has 35 heteroatoms. The Hall–Kier alpha value is -6.04. The lowest BCUT2D eigenvalue weighted by Gasteiger charge is -2.48. The molecule has 5 fully saturated rings. The fraction of sp³-hybridized carbons (Fsp3) is 0.694. The number of urea groups is 1. The largest absolute Gasteiger partial charge is 0.497 e. The van der Waals surface area contributed by atoms with Crippen LogP contribution < -0.4 is 47.3 Å². The monoisotopic (exact) mass is 1400 g/mol. The van der Waals surface area contributed by atoms with E-state index in [0.717, 1.165) is 48.8 Å². The van der Waals surface area contributed by atoms with E-state index in [0.29, 0.717) is 43.5 Å². The van der Waals surface area contributed by atoms with Crippen molar-refractivity contribution in [1.82, 2.24) is 42.5 Å². The van der Waals surface area contributed by atoms with Crippen LogP contribution >= 0.6 is 11.8 Å². The zero-order chi connectivity index (χ0) is 70.4. The first-order valence-electron chi connectivity index (χ1n) is 32.2. The summed E-state index contributed by atoms with van der Waals surface area (Å²) in [6.45, 7) is 1.03. The van der Waals surface area contributed by atoms with Crippen molar-refractivity contribution in [2.24, 2.45) is 0 Å². The predicted octanol–water partition coefficient (Wildman–Crippen LogP) is -5.27. The Morgan fingerprint density at radius 1 is 0.577 bits per heavy atom. The van der Waals surface area contributed by atoms with Gasteiger partial charge >= 0.3 is 6.03 Å². The summed E-state index contributed by atoms with van der Waals surface area (Å²) < 4.78 is 54.5. The molecule has 546 valence electrons. The molecular weight excluding hydrogens is 1300 g/mol. The number of hydrogen-bond acceptors (Lipinski definition) is 27. The minimum atomic E-state index is -1.95. The molecule has 6 unspecified atom stereocenters. The number of aliphatic hydroxyl groups excluding tert-OH is 9. The maximum absolute atomic E-state index is 12.6. The van der Waals surface area contributed by atoms with Crippen molar-refractivity contribution in [3.8, 4) is 16.9 Å². The van der Waals surface area contributed by atoms with E-state index >= 15 is 0 Å². The molecule has 0 spiro atoms. The van der Waals surface area contributed by atoms with E-state index < -0.39 is 118 Å². The molecule has 0 radical (unpaired) electrons. The van der Waals surface area contributed by atoms with Crippen molar-refractivity contribution in [1.29, 1.82) is 0 Å². The van der Waals surface area contributed by atoms with Gasteiger partial charge in [-0.05, 0) is 54.7 Å². The number of unbranched alkanes of at least 4 members (excludes halogenated alkanes) is 1. The molecule has 8 amide bonds. The molecule has 0 aromatic heterocycles. The second-order valence-corrected chi connectivity index (χ2v) is 24.5. The van der Waals surface area contributed by atoms with Crippen LogP contribution in [-0.4, -0.2) is 309 Å². The van der Waals surface area contributed by atoms with Crippen molar-refractivity contribution in [3.05, 3.63) is 54.1 Å². The van der Waals surface area contributed by atoms with Crippen LogP contribution in [0.15, 0.2) is 48.5 Å². The number of carbonyl (C=O) groups is 7. The molecule has 97 heavy (non-hydrogen) atoms. The summed E-state index contributed by atoms with van der Waals surface area (Å²) in [5.41, 5.74) is 2.45. The van der Waals surface area contributed by atoms with Gasteiger partial charge in [-0.25, -0.2) is 4.79 Å². The van der Waals surface area contributed by atoms with Crippen molar-refractivity contribution < 1.29 is 127 Å². The van der Waals surface area contributed by atoms with Gasteiger partial charge in [-0.3, -0.25) is 28.8 Å². The molecule has 7 rings (SSSR count). The summed E-state index contributed by atoms with van der Waals surface area (Å²) in [6, 6.07) is 14.0. The molecule has 18 atom stereocenters. The minimum Gasteiger partial charge on any atom is -0.497 e. The van der Waals surface area contributed by atoms with Gasteiger partial charge in [0.05, 0.1) is 72.0 Å². The van der Waals surface area contributed by atoms with Crippen LogP contribution in [0.2, 0.25) is 0 Å². The van der Waals surface area contributed by atoms with E-state index in [1.54, 1.807) is 13.2 Å². The first-order valence-corrected chi connectivity index (χ1v) is 33.2. The molecule has 5 saturated heterocycles. The van der Waals surface area contributed by atoms with E-state index in [1.165, 1.54) is 7.11 Å². The molecule has 0 bridgehead atoms. The first-order chi connectivity index (χ1) is 46.7. The quantitative estimate of drug-likeness (QED) is 0.0221. The fourth-order valence-electron chi connectivity index (χ4n) is 11.0. The second kappa shape index (κ2) is 42.2. The van der Waals surface area contributed by atoms with Gasteiger partial charge in [-0.2, -0.15) is 11.8 Å². The highest BCUT2D eigenvalue weighted by molar-refractivity contribution is 8.00. The number of methoxy groups -OCH3 is 2. The predicted molar refractivity (Wildman–Crippen MR) is 341 cm³/mol. The van der Waals surface area contributed by atoms with E-state index in [-0.39, 0.29) is 113 Å². The lowest BCUT2D eigenvalue weighted by molar-refractivity contribution is -0.376. The molecule has 0 aliphatic carbocycles. The molecule has 34 nitrogen and oxygen atoms in total. The van der Waals surface area contributed by atoms with Crippen LogP contribution in [-0.2, 0) is 66.6 Å². The third kappa shape index (κ3) is 25.3. The summed E-state index contributed by atoms with van der Waals surface area (Å²) >= 11 is 1.88. The number of thioether (sulfide) groups is 1. The maximum atomic E-state index is 12.6. The van der Waals surface area contributed by atoms with Crippen LogP contribution in [0.4, 0.5) is 4.79 Å². The van der Waals surface area contributed by atoms with Crippen LogP contribution in [0.1, 0.15) is 62.2 Å². The molecule has 2 aromatic carbocycles. The number of aliphatic hydroxyl groups is 9. The highest BCUT2D eigenvalue weighted by atomic mass is 32.2. The number of ether oxygens (including phenoxy) is 10. The highest BCUT2D eigenvalue weighted by Crippen LogP contribution is 2.35. The average molecular weight is 1400 g/mol. The number of hydrogen-bond donors (Lipinski definition) is 17. The number of fused-ring (bicyclic) bond motifs is 1. The van der Waals surface area contributed by atoms with Gasteiger partial charge in [0.25, 0.3) is 5.91 Å². The summed E-state index contributed by atoms with van der Waals surface area (Å²) in [4.78, 5) is 83.7. The third-order valence-electron chi connectivity index (χ3n) is 16.1. The minimum absolute atomic E-state index is 0.0105. The van der Waals surface area contributed by atoms with Gasteiger partial charge in [0.15, 0.2) is 18.9 Å². The van der Waals surface area contributed by atoms with Gasteiger partial charge in [0, 0.05) is 82.6 Å². The van der Waals surface area contributed by atoms with E-state index in [1.807, 2.05) is 54.2 Å². The number of benzene rings is 2. The molecule has 5 aliphatic rings. The van der Waals surface area contributed by atoms with Gasteiger partial charge < -0.3 is 136 Å². The average Bonchev–Trinajstić information content (AvgIpc) is 1.48. The molecular formula is C62H96N8O26S. The van der Waals surface area contributed by atoms with E-state index in [2.05, 4.69) is 42.5 Å². The molecule has 5 aliphatic heterocycles. The lowest BCUT2D eigenvalue weighted by Crippen LogP contribution is -2.68.